The van der Waals surface area contributed by atoms with E-state index in [0.29, 0.717) is 6.04 Å². The Bertz CT molecular complexity index is 199. The SMILES string of the molecule is CCCC(NC(C)CC(C)(C)OC)C1CC1. The molecule has 16 heavy (non-hydrogen) atoms. The second kappa shape index (κ2) is 6.02. The predicted molar refractivity (Wildman–Crippen MR) is 69.7 cm³/mol. The van der Waals surface area contributed by atoms with Gasteiger partial charge in [0.15, 0.2) is 0 Å². The van der Waals surface area contributed by atoms with Crippen molar-refractivity contribution >= 4 is 0 Å². The molecule has 0 aromatic heterocycles. The van der Waals surface area contributed by atoms with Crippen LogP contribution in [0, 0.1) is 5.92 Å². The summed E-state index contributed by atoms with van der Waals surface area (Å²) in [6.45, 7) is 8.89. The molecule has 0 heterocycles. The molecule has 0 aromatic rings. The second-order valence-electron chi connectivity index (χ2n) is 5.97. The van der Waals surface area contributed by atoms with Crippen LogP contribution in [-0.2, 0) is 4.74 Å². The predicted octanol–water partition coefficient (Wildman–Crippen LogP) is 3.36. The maximum atomic E-state index is 5.49. The van der Waals surface area contributed by atoms with Gasteiger partial charge in [0.2, 0.25) is 0 Å². The third kappa shape index (κ3) is 4.84. The van der Waals surface area contributed by atoms with Crippen LogP contribution in [0.15, 0.2) is 0 Å². The maximum absolute atomic E-state index is 5.49. The summed E-state index contributed by atoms with van der Waals surface area (Å²) in [6.07, 6.45) is 6.55. The van der Waals surface area contributed by atoms with Gasteiger partial charge in [-0.15, -0.1) is 0 Å². The van der Waals surface area contributed by atoms with E-state index in [1.54, 1.807) is 7.11 Å². The Morgan fingerprint density at radius 3 is 2.44 bits per heavy atom. The molecule has 0 aliphatic heterocycles. The fourth-order valence-corrected chi connectivity index (χ4v) is 2.51. The molecule has 1 fully saturated rings. The summed E-state index contributed by atoms with van der Waals surface area (Å²) >= 11 is 0. The Balaban J connectivity index is 2.33. The second-order valence-corrected chi connectivity index (χ2v) is 5.97. The monoisotopic (exact) mass is 227 g/mol. The number of hydrogen-bond acceptors (Lipinski definition) is 2. The Morgan fingerprint density at radius 1 is 1.38 bits per heavy atom. The van der Waals surface area contributed by atoms with E-state index >= 15 is 0 Å². The quantitative estimate of drug-likeness (QED) is 0.686. The Kier molecular flexibility index (Phi) is 5.26. The minimum atomic E-state index is -0.00721. The summed E-state index contributed by atoms with van der Waals surface area (Å²) < 4.78 is 5.49. The van der Waals surface area contributed by atoms with Crippen LogP contribution >= 0.6 is 0 Å². The largest absolute Gasteiger partial charge is 0.379 e. The molecule has 2 atom stereocenters. The number of ether oxygens (including phenoxy) is 1. The summed E-state index contributed by atoms with van der Waals surface area (Å²) in [4.78, 5) is 0. The Morgan fingerprint density at radius 2 is 2.00 bits per heavy atom. The van der Waals surface area contributed by atoms with Crippen LogP contribution in [0.2, 0.25) is 0 Å². The summed E-state index contributed by atoms with van der Waals surface area (Å²) in [5, 5.41) is 3.79. The lowest BCUT2D eigenvalue weighted by atomic mass is 9.98. The molecule has 1 aliphatic rings. The van der Waals surface area contributed by atoms with Crippen LogP contribution in [0.1, 0.15) is 59.8 Å². The Labute approximate surface area is 101 Å². The van der Waals surface area contributed by atoms with Crippen molar-refractivity contribution in [2.24, 2.45) is 5.92 Å². The van der Waals surface area contributed by atoms with Gasteiger partial charge in [-0.05, 0) is 52.4 Å². The highest BCUT2D eigenvalue weighted by atomic mass is 16.5. The van der Waals surface area contributed by atoms with Gasteiger partial charge < -0.3 is 10.1 Å². The van der Waals surface area contributed by atoms with Gasteiger partial charge in [-0.25, -0.2) is 0 Å². The van der Waals surface area contributed by atoms with Crippen LogP contribution < -0.4 is 5.32 Å². The van der Waals surface area contributed by atoms with E-state index in [-0.39, 0.29) is 5.60 Å². The lowest BCUT2D eigenvalue weighted by molar-refractivity contribution is 0.00735. The number of rotatable bonds is 8. The van der Waals surface area contributed by atoms with Crippen LogP contribution in [0.5, 0.6) is 0 Å². The number of methoxy groups -OCH3 is 1. The van der Waals surface area contributed by atoms with Crippen LogP contribution in [0.3, 0.4) is 0 Å². The van der Waals surface area contributed by atoms with Crippen molar-refractivity contribution in [2.75, 3.05) is 7.11 Å². The topological polar surface area (TPSA) is 21.3 Å². The van der Waals surface area contributed by atoms with Gasteiger partial charge in [0.25, 0.3) is 0 Å². The summed E-state index contributed by atoms with van der Waals surface area (Å²) in [5.41, 5.74) is -0.00721. The third-order valence-corrected chi connectivity index (χ3v) is 3.64. The van der Waals surface area contributed by atoms with Crippen LogP contribution in [-0.4, -0.2) is 24.8 Å². The van der Waals surface area contributed by atoms with Crippen molar-refractivity contribution in [3.8, 4) is 0 Å². The lowest BCUT2D eigenvalue weighted by Crippen LogP contribution is -2.42. The van der Waals surface area contributed by atoms with Crippen molar-refractivity contribution < 1.29 is 4.74 Å². The van der Waals surface area contributed by atoms with Gasteiger partial charge in [0.05, 0.1) is 5.60 Å². The minimum absolute atomic E-state index is 0.00721. The molecule has 2 heteroatoms. The molecule has 0 bridgehead atoms. The first-order valence-electron chi connectivity index (χ1n) is 6.79. The molecular formula is C14H29NO. The van der Waals surface area contributed by atoms with E-state index in [1.807, 2.05) is 0 Å². The molecule has 2 nitrogen and oxygen atoms in total. The summed E-state index contributed by atoms with van der Waals surface area (Å²) in [7, 11) is 1.80. The minimum Gasteiger partial charge on any atom is -0.379 e. The van der Waals surface area contributed by atoms with E-state index in [2.05, 4.69) is 33.0 Å². The van der Waals surface area contributed by atoms with Crippen molar-refractivity contribution in [1.82, 2.24) is 5.32 Å². The zero-order chi connectivity index (χ0) is 12.2. The summed E-state index contributed by atoms with van der Waals surface area (Å²) in [5.74, 6) is 0.952. The molecule has 0 amide bonds. The average Bonchev–Trinajstić information content (AvgIpc) is 2.99. The van der Waals surface area contributed by atoms with Gasteiger partial charge in [0.1, 0.15) is 0 Å². The van der Waals surface area contributed by atoms with Gasteiger partial charge >= 0.3 is 0 Å². The van der Waals surface area contributed by atoms with E-state index < -0.39 is 0 Å². The average molecular weight is 227 g/mol. The van der Waals surface area contributed by atoms with E-state index in [4.69, 9.17) is 4.74 Å². The van der Waals surface area contributed by atoms with Gasteiger partial charge in [-0.2, -0.15) is 0 Å². The molecule has 2 unspecified atom stereocenters. The molecule has 96 valence electrons. The molecule has 0 spiro atoms. The molecule has 1 N–H and O–H groups in total. The van der Waals surface area contributed by atoms with Gasteiger partial charge in [-0.1, -0.05) is 13.3 Å². The molecule has 0 radical (unpaired) electrons. The summed E-state index contributed by atoms with van der Waals surface area (Å²) in [6, 6.07) is 1.29. The first-order chi connectivity index (χ1) is 7.48. The normalized spacial score (nSPS) is 20.8. The highest BCUT2D eigenvalue weighted by molar-refractivity contribution is 4.88. The maximum Gasteiger partial charge on any atom is 0.0637 e. The number of nitrogens with one attached hydrogen (secondary N) is 1. The van der Waals surface area contributed by atoms with E-state index in [1.165, 1.54) is 25.7 Å². The van der Waals surface area contributed by atoms with Crippen molar-refractivity contribution in [1.29, 1.82) is 0 Å². The van der Waals surface area contributed by atoms with Crippen molar-refractivity contribution in [3.63, 3.8) is 0 Å². The van der Waals surface area contributed by atoms with Crippen molar-refractivity contribution in [2.45, 2.75) is 77.5 Å². The highest BCUT2D eigenvalue weighted by Gasteiger charge is 2.32. The Hall–Kier alpha value is -0.0800. The molecule has 0 aromatic carbocycles. The molecule has 1 aliphatic carbocycles. The van der Waals surface area contributed by atoms with Crippen molar-refractivity contribution in [3.05, 3.63) is 0 Å². The van der Waals surface area contributed by atoms with E-state index in [9.17, 15) is 0 Å². The first-order valence-corrected chi connectivity index (χ1v) is 6.79. The zero-order valence-corrected chi connectivity index (χ0v) is 11.7. The first kappa shape index (κ1) is 14.0. The van der Waals surface area contributed by atoms with Gasteiger partial charge in [0, 0.05) is 19.2 Å². The van der Waals surface area contributed by atoms with Crippen LogP contribution in [0.4, 0.5) is 0 Å². The zero-order valence-electron chi connectivity index (χ0n) is 11.7. The fraction of sp³-hybridized carbons (Fsp3) is 1.00. The third-order valence-electron chi connectivity index (χ3n) is 3.64. The fourth-order valence-electron chi connectivity index (χ4n) is 2.51. The van der Waals surface area contributed by atoms with Gasteiger partial charge in [-0.3, -0.25) is 0 Å². The molecular weight excluding hydrogens is 198 g/mol. The number of hydrogen-bond donors (Lipinski definition) is 1. The smallest absolute Gasteiger partial charge is 0.0637 e. The molecule has 0 saturated heterocycles. The highest BCUT2D eigenvalue weighted by Crippen LogP contribution is 2.35. The molecule has 1 rings (SSSR count). The molecule has 1 saturated carbocycles. The lowest BCUT2D eigenvalue weighted by Gasteiger charge is -2.30. The van der Waals surface area contributed by atoms with E-state index in [0.717, 1.165) is 18.4 Å². The standard InChI is InChI=1S/C14H29NO/c1-6-7-13(12-8-9-12)15-11(2)10-14(3,4)16-5/h11-13,15H,6-10H2,1-5H3. The van der Waals surface area contributed by atoms with Crippen LogP contribution in [0.25, 0.3) is 0 Å².